The summed E-state index contributed by atoms with van der Waals surface area (Å²) in [5, 5.41) is 2.86. The van der Waals surface area contributed by atoms with Gasteiger partial charge >= 0.3 is 5.97 Å². The van der Waals surface area contributed by atoms with E-state index in [0.717, 1.165) is 6.42 Å². The number of nitrogens with one attached hydrogen (secondary N) is 1. The van der Waals surface area contributed by atoms with E-state index in [1.54, 1.807) is 24.4 Å². The molecular formula is C14H20N2O3. The molecule has 0 saturated heterocycles. The number of amides is 1. The van der Waals surface area contributed by atoms with Crippen LogP contribution in [0.5, 0.6) is 0 Å². The van der Waals surface area contributed by atoms with Crippen LogP contribution in [-0.4, -0.2) is 29.5 Å². The highest BCUT2D eigenvalue weighted by atomic mass is 16.5. The number of pyridine rings is 1. The minimum Gasteiger partial charge on any atom is -0.464 e. The average molecular weight is 264 g/mol. The molecule has 0 aliphatic carbocycles. The van der Waals surface area contributed by atoms with Crippen molar-refractivity contribution in [3.8, 4) is 0 Å². The average Bonchev–Trinajstić information content (AvgIpc) is 2.43. The third kappa shape index (κ3) is 5.07. The molecule has 19 heavy (non-hydrogen) atoms. The van der Waals surface area contributed by atoms with Crippen LogP contribution in [0.15, 0.2) is 24.4 Å². The van der Waals surface area contributed by atoms with Crippen LogP contribution in [0.25, 0.3) is 0 Å². The Bertz CT molecular complexity index is 420. The first-order valence-corrected chi connectivity index (χ1v) is 6.39. The summed E-state index contributed by atoms with van der Waals surface area (Å²) in [5.74, 6) is -0.384. The van der Waals surface area contributed by atoms with Crippen LogP contribution in [0, 0.1) is 5.92 Å². The number of hydrogen-bond donors (Lipinski definition) is 1. The Labute approximate surface area is 113 Å². The third-order valence-electron chi connectivity index (χ3n) is 3.01. The number of esters is 1. The minimum absolute atomic E-state index is 0.183. The molecule has 0 spiro atoms. The van der Waals surface area contributed by atoms with Gasteiger partial charge in [0.2, 0.25) is 0 Å². The van der Waals surface area contributed by atoms with Gasteiger partial charge in [-0.3, -0.25) is 14.6 Å². The highest BCUT2D eigenvalue weighted by molar-refractivity contribution is 5.92. The van der Waals surface area contributed by atoms with Crippen LogP contribution in [0.1, 0.15) is 37.7 Å². The van der Waals surface area contributed by atoms with E-state index >= 15 is 0 Å². The number of ether oxygens (including phenoxy) is 1. The first-order valence-electron chi connectivity index (χ1n) is 6.39. The number of carbonyl (C=O) groups excluding carboxylic acids is 2. The topological polar surface area (TPSA) is 68.3 Å². The molecule has 0 unspecified atom stereocenters. The Kier molecular flexibility index (Phi) is 5.99. The van der Waals surface area contributed by atoms with E-state index in [4.69, 9.17) is 4.74 Å². The van der Waals surface area contributed by atoms with Crippen LogP contribution >= 0.6 is 0 Å². The maximum absolute atomic E-state index is 12.0. The SMILES string of the molecule is CC[C@H](C)[C@@H](COC(C)=O)NC(=O)c1ccccn1. The van der Waals surface area contributed by atoms with E-state index in [2.05, 4.69) is 10.3 Å². The Morgan fingerprint density at radius 1 is 1.42 bits per heavy atom. The normalized spacial score (nSPS) is 13.4. The molecule has 1 rings (SSSR count). The molecule has 0 aliphatic rings. The maximum Gasteiger partial charge on any atom is 0.302 e. The van der Waals surface area contributed by atoms with Gasteiger partial charge < -0.3 is 10.1 Å². The minimum atomic E-state index is -0.347. The standard InChI is InChI=1S/C14H20N2O3/c1-4-10(2)13(9-19-11(3)17)16-14(18)12-7-5-6-8-15-12/h5-8,10,13H,4,9H2,1-3H3,(H,16,18)/t10-,13+/m0/s1. The predicted molar refractivity (Wildman–Crippen MR) is 71.6 cm³/mol. The van der Waals surface area contributed by atoms with Gasteiger partial charge in [0.25, 0.3) is 5.91 Å². The molecule has 0 fully saturated rings. The Morgan fingerprint density at radius 2 is 2.16 bits per heavy atom. The van der Waals surface area contributed by atoms with Gasteiger partial charge in [-0.05, 0) is 18.1 Å². The second kappa shape index (κ2) is 7.51. The monoisotopic (exact) mass is 264 g/mol. The first-order chi connectivity index (χ1) is 9.04. The lowest BCUT2D eigenvalue weighted by Gasteiger charge is -2.23. The second-order valence-corrected chi connectivity index (χ2v) is 4.48. The molecule has 5 nitrogen and oxygen atoms in total. The van der Waals surface area contributed by atoms with Gasteiger partial charge in [-0.15, -0.1) is 0 Å². The van der Waals surface area contributed by atoms with Gasteiger partial charge in [0, 0.05) is 13.1 Å². The van der Waals surface area contributed by atoms with E-state index in [-0.39, 0.29) is 30.4 Å². The zero-order valence-corrected chi connectivity index (χ0v) is 11.6. The van der Waals surface area contributed by atoms with Crippen molar-refractivity contribution in [2.24, 2.45) is 5.92 Å². The number of nitrogens with zero attached hydrogens (tertiary/aromatic N) is 1. The third-order valence-corrected chi connectivity index (χ3v) is 3.01. The maximum atomic E-state index is 12.0. The number of rotatable bonds is 6. The summed E-state index contributed by atoms with van der Waals surface area (Å²) in [6.07, 6.45) is 2.45. The molecule has 1 aromatic heterocycles. The van der Waals surface area contributed by atoms with E-state index < -0.39 is 0 Å². The van der Waals surface area contributed by atoms with E-state index in [1.165, 1.54) is 6.92 Å². The molecule has 1 amide bonds. The predicted octanol–water partition coefficient (Wildman–Crippen LogP) is 1.79. The van der Waals surface area contributed by atoms with Crippen molar-refractivity contribution in [3.05, 3.63) is 30.1 Å². The summed E-state index contributed by atoms with van der Waals surface area (Å²) in [7, 11) is 0. The number of carbonyl (C=O) groups is 2. The molecule has 0 bridgehead atoms. The molecule has 1 N–H and O–H groups in total. The fourth-order valence-electron chi connectivity index (χ4n) is 1.58. The smallest absolute Gasteiger partial charge is 0.302 e. The van der Waals surface area contributed by atoms with E-state index in [0.29, 0.717) is 5.69 Å². The van der Waals surface area contributed by atoms with Crippen LogP contribution in [0.3, 0.4) is 0 Å². The molecule has 1 heterocycles. The molecule has 0 aromatic carbocycles. The Balaban J connectivity index is 2.66. The summed E-state index contributed by atoms with van der Waals surface area (Å²) in [6.45, 7) is 5.57. The summed E-state index contributed by atoms with van der Waals surface area (Å²) in [6, 6.07) is 4.95. The zero-order valence-electron chi connectivity index (χ0n) is 11.6. The molecule has 104 valence electrons. The van der Waals surface area contributed by atoms with Crippen molar-refractivity contribution in [2.75, 3.05) is 6.61 Å². The highest BCUT2D eigenvalue weighted by Crippen LogP contribution is 2.09. The molecule has 2 atom stereocenters. The fraction of sp³-hybridized carbons (Fsp3) is 0.500. The molecule has 1 aromatic rings. The van der Waals surface area contributed by atoms with Gasteiger partial charge in [-0.2, -0.15) is 0 Å². The molecule has 0 radical (unpaired) electrons. The van der Waals surface area contributed by atoms with E-state index in [1.807, 2.05) is 13.8 Å². The van der Waals surface area contributed by atoms with Crippen LogP contribution in [0.2, 0.25) is 0 Å². The number of hydrogen-bond acceptors (Lipinski definition) is 4. The lowest BCUT2D eigenvalue weighted by molar-refractivity contribution is -0.142. The van der Waals surface area contributed by atoms with Crippen molar-refractivity contribution in [2.45, 2.75) is 33.2 Å². The van der Waals surface area contributed by atoms with Gasteiger partial charge in [0.15, 0.2) is 0 Å². The van der Waals surface area contributed by atoms with Gasteiger partial charge in [0.05, 0.1) is 6.04 Å². The first kappa shape index (κ1) is 15.1. The van der Waals surface area contributed by atoms with Crippen molar-refractivity contribution >= 4 is 11.9 Å². The summed E-state index contributed by atoms with van der Waals surface area (Å²) < 4.78 is 4.99. The van der Waals surface area contributed by atoms with Crippen LogP contribution in [-0.2, 0) is 9.53 Å². The fourth-order valence-corrected chi connectivity index (χ4v) is 1.58. The lowest BCUT2D eigenvalue weighted by Crippen LogP contribution is -2.43. The largest absolute Gasteiger partial charge is 0.464 e. The van der Waals surface area contributed by atoms with E-state index in [9.17, 15) is 9.59 Å². The highest BCUT2D eigenvalue weighted by Gasteiger charge is 2.20. The van der Waals surface area contributed by atoms with Crippen molar-refractivity contribution in [3.63, 3.8) is 0 Å². The van der Waals surface area contributed by atoms with Gasteiger partial charge in [0.1, 0.15) is 12.3 Å². The van der Waals surface area contributed by atoms with Gasteiger partial charge in [-0.25, -0.2) is 0 Å². The lowest BCUT2D eigenvalue weighted by atomic mass is 9.99. The molecule has 0 saturated carbocycles. The zero-order chi connectivity index (χ0) is 14.3. The molecular weight excluding hydrogens is 244 g/mol. The second-order valence-electron chi connectivity index (χ2n) is 4.48. The Hall–Kier alpha value is -1.91. The van der Waals surface area contributed by atoms with Crippen molar-refractivity contribution < 1.29 is 14.3 Å². The summed E-state index contributed by atoms with van der Waals surface area (Å²) in [5.41, 5.74) is 0.360. The molecule has 0 aliphatic heterocycles. The quantitative estimate of drug-likeness (QED) is 0.795. The summed E-state index contributed by atoms with van der Waals surface area (Å²) in [4.78, 5) is 26.9. The van der Waals surface area contributed by atoms with Gasteiger partial charge in [-0.1, -0.05) is 26.3 Å². The molecule has 5 heteroatoms. The Morgan fingerprint density at radius 3 is 2.68 bits per heavy atom. The van der Waals surface area contributed by atoms with Crippen molar-refractivity contribution in [1.82, 2.24) is 10.3 Å². The summed E-state index contributed by atoms with van der Waals surface area (Å²) >= 11 is 0. The van der Waals surface area contributed by atoms with Crippen LogP contribution < -0.4 is 5.32 Å². The number of aromatic nitrogens is 1. The van der Waals surface area contributed by atoms with Crippen LogP contribution in [0.4, 0.5) is 0 Å². The van der Waals surface area contributed by atoms with Crippen molar-refractivity contribution in [1.29, 1.82) is 0 Å².